The maximum Gasteiger partial charge on any atom is 0.380 e. The summed E-state index contributed by atoms with van der Waals surface area (Å²) in [4.78, 5) is 25.1. The van der Waals surface area contributed by atoms with Crippen LogP contribution in [0.2, 0.25) is 0 Å². The second-order valence-corrected chi connectivity index (χ2v) is 2.89. The number of aromatic nitrogens is 2. The highest BCUT2D eigenvalue weighted by molar-refractivity contribution is 6.38. The van der Waals surface area contributed by atoms with Crippen LogP contribution in [0.15, 0.2) is 12.4 Å². The van der Waals surface area contributed by atoms with Crippen molar-refractivity contribution in [2.75, 3.05) is 0 Å². The molecule has 0 fully saturated rings. The van der Waals surface area contributed by atoms with Gasteiger partial charge in [0.2, 0.25) is 0 Å². The standard InChI is InChI=1S/C8H10N2O3/c1-5(2)10-4-3-9-7(10)6(11)8(12)13/h3-5H,1-2H3,(H,12,13). The van der Waals surface area contributed by atoms with Gasteiger partial charge in [0.25, 0.3) is 0 Å². The molecule has 0 radical (unpaired) electrons. The minimum atomic E-state index is -1.48. The molecule has 1 N–H and O–H groups in total. The van der Waals surface area contributed by atoms with Crippen molar-refractivity contribution >= 4 is 11.8 Å². The molecule has 0 saturated carbocycles. The average Bonchev–Trinajstić information content (AvgIpc) is 2.50. The van der Waals surface area contributed by atoms with Crippen molar-refractivity contribution in [3.05, 3.63) is 18.2 Å². The van der Waals surface area contributed by atoms with E-state index in [2.05, 4.69) is 4.98 Å². The Hall–Kier alpha value is -1.65. The van der Waals surface area contributed by atoms with Crippen LogP contribution in [0.25, 0.3) is 0 Å². The first kappa shape index (κ1) is 9.44. The van der Waals surface area contributed by atoms with Crippen molar-refractivity contribution in [3.8, 4) is 0 Å². The van der Waals surface area contributed by atoms with E-state index in [0.29, 0.717) is 0 Å². The SMILES string of the molecule is CC(C)n1ccnc1C(=O)C(=O)O. The van der Waals surface area contributed by atoms with Crippen LogP contribution in [0.4, 0.5) is 0 Å². The first-order valence-corrected chi connectivity index (χ1v) is 3.84. The molecule has 0 aliphatic rings. The summed E-state index contributed by atoms with van der Waals surface area (Å²) in [5.41, 5.74) is 0. The van der Waals surface area contributed by atoms with Crippen LogP contribution in [0, 0.1) is 0 Å². The molecule has 5 nitrogen and oxygen atoms in total. The quantitative estimate of drug-likeness (QED) is 0.552. The third-order valence-electron chi connectivity index (χ3n) is 1.62. The molecule has 5 heteroatoms. The Morgan fingerprint density at radius 1 is 1.54 bits per heavy atom. The molecule has 1 aromatic rings. The van der Waals surface area contributed by atoms with Gasteiger partial charge >= 0.3 is 11.8 Å². The number of carboxylic acid groups (broad SMARTS) is 1. The van der Waals surface area contributed by atoms with Gasteiger partial charge in [-0.25, -0.2) is 9.78 Å². The van der Waals surface area contributed by atoms with Gasteiger partial charge in [-0.1, -0.05) is 0 Å². The number of Topliss-reactive ketones (excluding diaryl/α,β-unsaturated/α-hetero) is 1. The molecule has 0 aromatic carbocycles. The molecule has 0 amide bonds. The lowest BCUT2D eigenvalue weighted by Crippen LogP contribution is -2.19. The third-order valence-corrected chi connectivity index (χ3v) is 1.62. The zero-order valence-corrected chi connectivity index (χ0v) is 7.39. The molecule has 0 spiro atoms. The van der Waals surface area contributed by atoms with E-state index in [4.69, 9.17) is 5.11 Å². The first-order chi connectivity index (χ1) is 6.04. The number of carbonyl (C=O) groups is 2. The van der Waals surface area contributed by atoms with E-state index in [1.165, 1.54) is 10.8 Å². The van der Waals surface area contributed by atoms with Gasteiger partial charge in [-0.3, -0.25) is 4.79 Å². The van der Waals surface area contributed by atoms with Gasteiger partial charge in [-0.05, 0) is 13.8 Å². The fourth-order valence-corrected chi connectivity index (χ4v) is 1.00. The van der Waals surface area contributed by atoms with Crippen molar-refractivity contribution in [2.45, 2.75) is 19.9 Å². The average molecular weight is 182 g/mol. The summed E-state index contributed by atoms with van der Waals surface area (Å²) in [5, 5.41) is 8.46. The van der Waals surface area contributed by atoms with Gasteiger partial charge in [0, 0.05) is 18.4 Å². The Kier molecular flexibility index (Phi) is 2.46. The number of hydrogen-bond acceptors (Lipinski definition) is 3. The summed E-state index contributed by atoms with van der Waals surface area (Å²) < 4.78 is 1.52. The molecule has 1 rings (SSSR count). The number of hydrogen-bond donors (Lipinski definition) is 1. The van der Waals surface area contributed by atoms with E-state index in [1.54, 1.807) is 6.20 Å². The number of carbonyl (C=O) groups excluding carboxylic acids is 1. The summed E-state index contributed by atoms with van der Waals surface area (Å²) in [6, 6.07) is 0.0285. The highest BCUT2D eigenvalue weighted by Gasteiger charge is 2.20. The van der Waals surface area contributed by atoms with Gasteiger partial charge in [-0.2, -0.15) is 0 Å². The highest BCUT2D eigenvalue weighted by atomic mass is 16.4. The second-order valence-electron chi connectivity index (χ2n) is 2.89. The van der Waals surface area contributed by atoms with Gasteiger partial charge in [0.15, 0.2) is 5.82 Å². The van der Waals surface area contributed by atoms with Crippen LogP contribution in [0.5, 0.6) is 0 Å². The molecule has 1 aromatic heterocycles. The molecular formula is C8H10N2O3. The van der Waals surface area contributed by atoms with E-state index < -0.39 is 11.8 Å². The van der Waals surface area contributed by atoms with E-state index >= 15 is 0 Å². The summed E-state index contributed by atoms with van der Waals surface area (Å²) in [6.07, 6.45) is 3.00. The molecule has 0 atom stereocenters. The van der Waals surface area contributed by atoms with Gasteiger partial charge in [0.05, 0.1) is 0 Å². The summed E-state index contributed by atoms with van der Waals surface area (Å²) in [6.45, 7) is 3.70. The maximum atomic E-state index is 11.0. The van der Waals surface area contributed by atoms with E-state index in [9.17, 15) is 9.59 Å². The first-order valence-electron chi connectivity index (χ1n) is 3.84. The predicted octanol–water partition coefficient (Wildman–Crippen LogP) is 0.731. The number of imidazole rings is 1. The van der Waals surface area contributed by atoms with Crippen molar-refractivity contribution in [1.29, 1.82) is 0 Å². The number of rotatable bonds is 3. The zero-order valence-electron chi connectivity index (χ0n) is 7.39. The summed E-state index contributed by atoms with van der Waals surface area (Å²) >= 11 is 0. The Balaban J connectivity index is 3.07. The van der Waals surface area contributed by atoms with Crippen LogP contribution in [-0.4, -0.2) is 26.4 Å². The van der Waals surface area contributed by atoms with Gasteiger partial charge in [0.1, 0.15) is 0 Å². The highest BCUT2D eigenvalue weighted by Crippen LogP contribution is 2.08. The van der Waals surface area contributed by atoms with Gasteiger partial charge in [-0.15, -0.1) is 0 Å². The largest absolute Gasteiger partial charge is 0.475 e. The fourth-order valence-electron chi connectivity index (χ4n) is 1.00. The number of nitrogens with zero attached hydrogens (tertiary/aromatic N) is 2. The number of ketones is 1. The van der Waals surface area contributed by atoms with Crippen LogP contribution in [0.1, 0.15) is 30.5 Å². The van der Waals surface area contributed by atoms with Crippen LogP contribution in [-0.2, 0) is 4.79 Å². The molecule has 13 heavy (non-hydrogen) atoms. The topological polar surface area (TPSA) is 72.2 Å². The number of carboxylic acids is 1. The Labute approximate surface area is 75.0 Å². The monoisotopic (exact) mass is 182 g/mol. The Morgan fingerprint density at radius 2 is 2.15 bits per heavy atom. The second kappa shape index (κ2) is 3.38. The molecule has 0 aliphatic heterocycles. The zero-order chi connectivity index (χ0) is 10.0. The van der Waals surface area contributed by atoms with Crippen molar-refractivity contribution in [3.63, 3.8) is 0 Å². The lowest BCUT2D eigenvalue weighted by molar-refractivity contribution is -0.131. The smallest absolute Gasteiger partial charge is 0.380 e. The lowest BCUT2D eigenvalue weighted by atomic mass is 10.3. The normalized spacial score (nSPS) is 10.4. The van der Waals surface area contributed by atoms with Crippen LogP contribution < -0.4 is 0 Å². The molecule has 70 valence electrons. The molecule has 0 aliphatic carbocycles. The van der Waals surface area contributed by atoms with Crippen molar-refractivity contribution < 1.29 is 14.7 Å². The molecule has 0 unspecified atom stereocenters. The lowest BCUT2D eigenvalue weighted by Gasteiger charge is -2.08. The number of aliphatic carboxylic acids is 1. The predicted molar refractivity (Wildman–Crippen MR) is 44.6 cm³/mol. The summed E-state index contributed by atoms with van der Waals surface area (Å²) in [5.74, 6) is -2.48. The van der Waals surface area contributed by atoms with E-state index in [0.717, 1.165) is 0 Å². The maximum absolute atomic E-state index is 11.0. The molecule has 0 saturated heterocycles. The van der Waals surface area contributed by atoms with Crippen LogP contribution in [0.3, 0.4) is 0 Å². The van der Waals surface area contributed by atoms with Gasteiger partial charge < -0.3 is 9.67 Å². The Bertz CT molecular complexity index is 341. The Morgan fingerprint density at radius 3 is 2.62 bits per heavy atom. The molecule has 1 heterocycles. The fraction of sp³-hybridized carbons (Fsp3) is 0.375. The minimum absolute atomic E-state index is 0.0255. The molecule has 0 bridgehead atoms. The third kappa shape index (κ3) is 1.74. The summed E-state index contributed by atoms with van der Waals surface area (Å²) in [7, 11) is 0. The van der Waals surface area contributed by atoms with Crippen LogP contribution >= 0.6 is 0 Å². The van der Waals surface area contributed by atoms with Crippen molar-refractivity contribution in [1.82, 2.24) is 9.55 Å². The van der Waals surface area contributed by atoms with E-state index in [-0.39, 0.29) is 11.9 Å². The van der Waals surface area contributed by atoms with Crippen molar-refractivity contribution in [2.24, 2.45) is 0 Å². The molecular weight excluding hydrogens is 172 g/mol. The van der Waals surface area contributed by atoms with E-state index in [1.807, 2.05) is 13.8 Å². The minimum Gasteiger partial charge on any atom is -0.475 e.